The standard InChI is InChI=1S/C89H58N4O/c1-55-32-41-72-73-42-33-56(2)47-79(73)89(78(72)46-55,67-24-13-20-61(49-67)60-19-12-23-66(48-60)86-88-87(91-54-90-86)85-71-27-7-6-18-59(71)38-45-84(85)94-88)68-25-14-21-62(50-68)63-22-15-26-70(51-63)93-81-31-11-9-29-75(81)77-53-65(37-44-83(77)93)64-36-43-82-76(52-64)74-28-8-10-30-80(74)92(82)69-39-34-58(35-40-69)57-16-4-3-5-17-57/h3-54H,1-2H3. The van der Waals surface area contributed by atoms with Crippen LogP contribution in [0.25, 0.3) is 155 Å². The summed E-state index contributed by atoms with van der Waals surface area (Å²) in [5.74, 6) is 0. The second-order valence-electron chi connectivity index (χ2n) is 25.4. The van der Waals surface area contributed by atoms with Gasteiger partial charge >= 0.3 is 0 Å². The van der Waals surface area contributed by atoms with Crippen molar-refractivity contribution in [1.82, 2.24) is 19.1 Å². The number of furan rings is 1. The highest BCUT2D eigenvalue weighted by molar-refractivity contribution is 6.19. The summed E-state index contributed by atoms with van der Waals surface area (Å²) in [6, 6.07) is 114. The molecule has 18 aromatic rings. The molecule has 0 unspecified atom stereocenters. The topological polar surface area (TPSA) is 48.8 Å². The second kappa shape index (κ2) is 20.9. The minimum absolute atomic E-state index is 0.666. The first-order valence-electron chi connectivity index (χ1n) is 32.3. The highest BCUT2D eigenvalue weighted by Crippen LogP contribution is 2.57. The van der Waals surface area contributed by atoms with Crippen LogP contribution in [-0.4, -0.2) is 19.1 Å². The van der Waals surface area contributed by atoms with Crippen LogP contribution in [0.4, 0.5) is 0 Å². The van der Waals surface area contributed by atoms with Crippen molar-refractivity contribution in [3.63, 3.8) is 0 Å². The van der Waals surface area contributed by atoms with Crippen molar-refractivity contribution in [3.8, 4) is 78.3 Å². The van der Waals surface area contributed by atoms with Crippen molar-refractivity contribution in [3.05, 3.63) is 349 Å². The smallest absolute Gasteiger partial charge is 0.180 e. The van der Waals surface area contributed by atoms with Crippen LogP contribution in [0.1, 0.15) is 33.4 Å². The van der Waals surface area contributed by atoms with Gasteiger partial charge in [0.2, 0.25) is 0 Å². The lowest BCUT2D eigenvalue weighted by Gasteiger charge is -2.35. The van der Waals surface area contributed by atoms with Crippen LogP contribution in [0.15, 0.2) is 320 Å². The number of hydrogen-bond donors (Lipinski definition) is 0. The minimum atomic E-state index is -0.666. The second-order valence-corrected chi connectivity index (χ2v) is 25.4. The molecule has 1 aliphatic rings. The fourth-order valence-electron chi connectivity index (χ4n) is 15.7. The lowest BCUT2D eigenvalue weighted by molar-refractivity contribution is 0.667. The normalized spacial score (nSPS) is 12.7. The predicted molar refractivity (Wildman–Crippen MR) is 389 cm³/mol. The maximum absolute atomic E-state index is 6.66. The molecule has 5 nitrogen and oxygen atoms in total. The quantitative estimate of drug-likeness (QED) is 0.145. The first kappa shape index (κ1) is 53.6. The molecule has 0 atom stereocenters. The summed E-state index contributed by atoms with van der Waals surface area (Å²) in [5, 5.41) is 8.18. The van der Waals surface area contributed by atoms with Crippen molar-refractivity contribution in [2.45, 2.75) is 19.3 Å². The highest BCUT2D eigenvalue weighted by atomic mass is 16.3. The van der Waals surface area contributed by atoms with Crippen LogP contribution >= 0.6 is 0 Å². The van der Waals surface area contributed by atoms with Crippen LogP contribution in [0, 0.1) is 13.8 Å². The first-order valence-corrected chi connectivity index (χ1v) is 32.3. The van der Waals surface area contributed by atoms with Crippen molar-refractivity contribution < 1.29 is 4.42 Å². The zero-order valence-electron chi connectivity index (χ0n) is 51.7. The number of para-hydroxylation sites is 2. The third-order valence-electron chi connectivity index (χ3n) is 20.0. The van der Waals surface area contributed by atoms with E-state index in [1.165, 1.54) is 105 Å². The van der Waals surface area contributed by atoms with Crippen molar-refractivity contribution in [1.29, 1.82) is 0 Å². The van der Waals surface area contributed by atoms with E-state index in [1.807, 2.05) is 6.07 Å². The van der Waals surface area contributed by atoms with Crippen molar-refractivity contribution in [2.75, 3.05) is 0 Å². The van der Waals surface area contributed by atoms with E-state index in [9.17, 15) is 0 Å². The summed E-state index contributed by atoms with van der Waals surface area (Å²) in [5.41, 5.74) is 29.6. The molecule has 0 saturated carbocycles. The number of fused-ring (bicyclic) bond motifs is 14. The molecule has 94 heavy (non-hydrogen) atoms. The Morgan fingerprint density at radius 2 is 0.809 bits per heavy atom. The molecule has 4 aromatic heterocycles. The van der Waals surface area contributed by atoms with Gasteiger partial charge in [-0.3, -0.25) is 0 Å². The van der Waals surface area contributed by atoms with Gasteiger partial charge in [0.25, 0.3) is 0 Å². The number of hydrogen-bond acceptors (Lipinski definition) is 3. The number of benzene rings is 14. The molecule has 14 aromatic carbocycles. The molecular formula is C89H58N4O. The Bertz CT molecular complexity index is 6090. The number of aryl methyl sites for hydroxylation is 2. The maximum Gasteiger partial charge on any atom is 0.180 e. The summed E-state index contributed by atoms with van der Waals surface area (Å²) in [6.07, 6.45) is 1.67. The molecular weight excluding hydrogens is 1140 g/mol. The van der Waals surface area contributed by atoms with Gasteiger partial charge in [0.1, 0.15) is 23.1 Å². The largest absolute Gasteiger partial charge is 0.452 e. The van der Waals surface area contributed by atoms with E-state index in [4.69, 9.17) is 14.4 Å². The Kier molecular flexibility index (Phi) is 11.9. The fourth-order valence-corrected chi connectivity index (χ4v) is 15.7. The summed E-state index contributed by atoms with van der Waals surface area (Å²) >= 11 is 0. The third-order valence-corrected chi connectivity index (χ3v) is 20.0. The minimum Gasteiger partial charge on any atom is -0.452 e. The van der Waals surface area contributed by atoms with Crippen LogP contribution < -0.4 is 0 Å². The number of aromatic nitrogens is 4. The average Bonchev–Trinajstić information content (AvgIpc) is 1.51. The van der Waals surface area contributed by atoms with Crippen LogP contribution in [0.5, 0.6) is 0 Å². The lowest BCUT2D eigenvalue weighted by atomic mass is 9.66. The molecule has 5 heteroatoms. The van der Waals surface area contributed by atoms with E-state index in [0.29, 0.717) is 5.58 Å². The average molecular weight is 1200 g/mol. The SMILES string of the molecule is Cc1ccc2c(c1)C(c1cccc(-c3cccc(-c4ncnc5c4oc4ccc6ccccc6c45)c3)c1)(c1cccc(-c3cccc(-n4c5ccccc5c5cc(-c6ccc7c(c6)c6ccccc6n7-c6ccc(-c7ccccc7)cc6)ccc54)c3)c1)c1cc(C)ccc1-2. The zero-order chi connectivity index (χ0) is 62.2. The Morgan fingerprint density at radius 1 is 0.319 bits per heavy atom. The Balaban J connectivity index is 0.711. The van der Waals surface area contributed by atoms with Gasteiger partial charge < -0.3 is 13.6 Å². The summed E-state index contributed by atoms with van der Waals surface area (Å²) in [6.45, 7) is 4.44. The van der Waals surface area contributed by atoms with Gasteiger partial charge in [-0.15, -0.1) is 0 Å². The van der Waals surface area contributed by atoms with E-state index in [1.54, 1.807) is 6.33 Å². The third kappa shape index (κ3) is 8.21. The van der Waals surface area contributed by atoms with Crippen molar-refractivity contribution in [2.24, 2.45) is 0 Å². The Hall–Kier alpha value is -12.2. The molecule has 0 saturated heterocycles. The maximum atomic E-state index is 6.66. The van der Waals surface area contributed by atoms with Gasteiger partial charge in [0.05, 0.1) is 32.9 Å². The van der Waals surface area contributed by atoms with E-state index in [-0.39, 0.29) is 0 Å². The van der Waals surface area contributed by atoms with E-state index < -0.39 is 5.41 Å². The number of rotatable bonds is 9. The summed E-state index contributed by atoms with van der Waals surface area (Å²) in [7, 11) is 0. The molecule has 4 heterocycles. The van der Waals surface area contributed by atoms with Crippen molar-refractivity contribution >= 4 is 76.5 Å². The molecule has 0 spiro atoms. The molecule has 19 rings (SSSR count). The van der Waals surface area contributed by atoms with Crippen LogP contribution in [0.2, 0.25) is 0 Å². The molecule has 1 aliphatic carbocycles. The highest BCUT2D eigenvalue weighted by Gasteiger charge is 2.46. The lowest BCUT2D eigenvalue weighted by Crippen LogP contribution is -2.29. The molecule has 440 valence electrons. The fraction of sp³-hybridized carbons (Fsp3) is 0.0337. The Labute approximate surface area is 543 Å². The van der Waals surface area contributed by atoms with Crippen LogP contribution in [-0.2, 0) is 5.41 Å². The molecule has 0 amide bonds. The first-order chi connectivity index (χ1) is 46.4. The molecule has 0 radical (unpaired) electrons. The van der Waals surface area contributed by atoms with E-state index in [2.05, 4.69) is 326 Å². The monoisotopic (exact) mass is 1200 g/mol. The van der Waals surface area contributed by atoms with Gasteiger partial charge in [0.15, 0.2) is 5.58 Å². The molecule has 0 N–H and O–H groups in total. The molecule has 0 bridgehead atoms. The van der Waals surface area contributed by atoms with Gasteiger partial charge in [0, 0.05) is 38.5 Å². The van der Waals surface area contributed by atoms with E-state index >= 15 is 0 Å². The van der Waals surface area contributed by atoms with Gasteiger partial charge in [-0.1, -0.05) is 236 Å². The molecule has 0 aliphatic heterocycles. The molecule has 0 fully saturated rings. The summed E-state index contributed by atoms with van der Waals surface area (Å²) in [4.78, 5) is 9.72. The predicted octanol–water partition coefficient (Wildman–Crippen LogP) is 23.0. The van der Waals surface area contributed by atoms with Gasteiger partial charge in [-0.05, 0) is 187 Å². The summed E-state index contributed by atoms with van der Waals surface area (Å²) < 4.78 is 11.5. The van der Waals surface area contributed by atoms with Gasteiger partial charge in [-0.25, -0.2) is 9.97 Å². The zero-order valence-corrected chi connectivity index (χ0v) is 51.7. The number of nitrogens with zero attached hydrogens (tertiary/aromatic N) is 4. The van der Waals surface area contributed by atoms with Gasteiger partial charge in [-0.2, -0.15) is 0 Å². The Morgan fingerprint density at radius 3 is 1.46 bits per heavy atom. The van der Waals surface area contributed by atoms with Crippen LogP contribution in [0.3, 0.4) is 0 Å². The van der Waals surface area contributed by atoms with E-state index in [0.717, 1.165) is 77.7 Å².